The largest absolute Gasteiger partial charge is 0.299 e. The summed E-state index contributed by atoms with van der Waals surface area (Å²) in [6, 6.07) is 1.66. The van der Waals surface area contributed by atoms with Gasteiger partial charge in [-0.1, -0.05) is 13.3 Å². The van der Waals surface area contributed by atoms with E-state index in [4.69, 9.17) is 0 Å². The minimum Gasteiger partial charge on any atom is -0.299 e. The number of hydrogen-bond acceptors (Lipinski definition) is 4. The van der Waals surface area contributed by atoms with Crippen LogP contribution in [0.5, 0.6) is 0 Å². The second kappa shape index (κ2) is 5.17. The molecular weight excluding hydrogens is 216 g/mol. The first-order valence-corrected chi connectivity index (χ1v) is 6.06. The van der Waals surface area contributed by atoms with Crippen molar-refractivity contribution in [3.05, 3.63) is 24.3 Å². The number of rotatable bonds is 3. The average molecular weight is 232 g/mol. The Morgan fingerprint density at radius 2 is 2.12 bits per heavy atom. The highest BCUT2D eigenvalue weighted by Crippen LogP contribution is 2.30. The van der Waals surface area contributed by atoms with Crippen LogP contribution in [0, 0.1) is 11.8 Å². The quantitative estimate of drug-likeness (QED) is 0.591. The van der Waals surface area contributed by atoms with Crippen molar-refractivity contribution in [3.8, 4) is 0 Å². The summed E-state index contributed by atoms with van der Waals surface area (Å²) in [5.41, 5.74) is 0. The number of nitrogens with zero attached hydrogens (tertiary/aromatic N) is 2. The van der Waals surface area contributed by atoms with E-state index in [0.29, 0.717) is 18.8 Å². The van der Waals surface area contributed by atoms with Crippen LogP contribution >= 0.6 is 0 Å². The molecule has 17 heavy (non-hydrogen) atoms. The van der Waals surface area contributed by atoms with Gasteiger partial charge in [-0.05, 0) is 24.8 Å². The van der Waals surface area contributed by atoms with Gasteiger partial charge in [-0.25, -0.2) is 9.97 Å². The molecule has 1 aliphatic carbocycles. The maximum atomic E-state index is 12.1. The first-order valence-electron chi connectivity index (χ1n) is 6.06. The minimum atomic E-state index is -0.518. The van der Waals surface area contributed by atoms with Gasteiger partial charge in [0.1, 0.15) is 5.78 Å². The van der Waals surface area contributed by atoms with E-state index in [1.54, 1.807) is 6.07 Å². The highest BCUT2D eigenvalue weighted by atomic mass is 16.2. The van der Waals surface area contributed by atoms with Gasteiger partial charge in [0.25, 0.3) is 0 Å². The third-order valence-corrected chi connectivity index (χ3v) is 3.44. The van der Waals surface area contributed by atoms with Gasteiger partial charge < -0.3 is 0 Å². The maximum Gasteiger partial charge on any atom is 0.210 e. The van der Waals surface area contributed by atoms with Gasteiger partial charge in [-0.15, -0.1) is 0 Å². The van der Waals surface area contributed by atoms with Gasteiger partial charge in [-0.3, -0.25) is 9.59 Å². The fraction of sp³-hybridized carbons (Fsp3) is 0.538. The summed E-state index contributed by atoms with van der Waals surface area (Å²) in [7, 11) is 0. The Labute approximate surface area is 100 Å². The highest BCUT2D eigenvalue weighted by Gasteiger charge is 2.34. The van der Waals surface area contributed by atoms with E-state index in [2.05, 4.69) is 16.9 Å². The zero-order valence-corrected chi connectivity index (χ0v) is 9.93. The van der Waals surface area contributed by atoms with Crippen molar-refractivity contribution in [2.24, 2.45) is 11.8 Å². The Hall–Kier alpha value is -1.58. The van der Waals surface area contributed by atoms with Gasteiger partial charge in [0.05, 0.1) is 5.92 Å². The average Bonchev–Trinajstić information content (AvgIpc) is 2.39. The van der Waals surface area contributed by atoms with Crippen LogP contribution in [0.1, 0.15) is 43.2 Å². The monoisotopic (exact) mass is 232 g/mol. The van der Waals surface area contributed by atoms with Gasteiger partial charge in [0.15, 0.2) is 5.82 Å². The first-order chi connectivity index (χ1) is 8.22. The lowest BCUT2D eigenvalue weighted by molar-refractivity contribution is -0.123. The van der Waals surface area contributed by atoms with E-state index in [1.807, 2.05) is 0 Å². The zero-order valence-electron chi connectivity index (χ0n) is 9.93. The summed E-state index contributed by atoms with van der Waals surface area (Å²) in [5.74, 6) is -0.0371. The van der Waals surface area contributed by atoms with E-state index in [9.17, 15) is 9.59 Å². The molecule has 0 saturated heterocycles. The molecule has 0 N–H and O–H groups in total. The number of hydrogen-bond donors (Lipinski definition) is 0. The molecule has 0 bridgehead atoms. The maximum absolute atomic E-state index is 12.1. The van der Waals surface area contributed by atoms with E-state index >= 15 is 0 Å². The lowest BCUT2D eigenvalue weighted by Crippen LogP contribution is -2.32. The molecule has 0 radical (unpaired) electrons. The SMILES string of the molecule is CCC1CCC(=O)C(C(=O)c2ncccn2)C1. The first kappa shape index (κ1) is 11.9. The van der Waals surface area contributed by atoms with Crippen molar-refractivity contribution in [3.63, 3.8) is 0 Å². The topological polar surface area (TPSA) is 59.9 Å². The third kappa shape index (κ3) is 2.57. The van der Waals surface area contributed by atoms with Crippen molar-refractivity contribution < 1.29 is 9.59 Å². The van der Waals surface area contributed by atoms with Crippen molar-refractivity contribution in [1.82, 2.24) is 9.97 Å². The normalized spacial score (nSPS) is 24.6. The zero-order chi connectivity index (χ0) is 12.3. The summed E-state index contributed by atoms with van der Waals surface area (Å²) in [4.78, 5) is 31.8. The smallest absolute Gasteiger partial charge is 0.210 e. The van der Waals surface area contributed by atoms with Crippen LogP contribution < -0.4 is 0 Å². The molecule has 4 heteroatoms. The number of carbonyl (C=O) groups excluding carboxylic acids is 2. The molecule has 1 saturated carbocycles. The third-order valence-electron chi connectivity index (χ3n) is 3.44. The van der Waals surface area contributed by atoms with E-state index in [-0.39, 0.29) is 17.4 Å². The molecule has 2 rings (SSSR count). The van der Waals surface area contributed by atoms with Crippen LogP contribution in [-0.2, 0) is 4.79 Å². The van der Waals surface area contributed by atoms with Gasteiger partial charge >= 0.3 is 0 Å². The lowest BCUT2D eigenvalue weighted by Gasteiger charge is -2.25. The number of aromatic nitrogens is 2. The molecule has 0 spiro atoms. The summed E-state index contributed by atoms with van der Waals surface area (Å²) in [6.07, 6.45) is 6.17. The predicted octanol–water partition coefficient (Wildman–Crippen LogP) is 2.05. The van der Waals surface area contributed by atoms with Gasteiger partial charge in [-0.2, -0.15) is 0 Å². The Kier molecular flexibility index (Phi) is 3.61. The van der Waals surface area contributed by atoms with Crippen molar-refractivity contribution in [1.29, 1.82) is 0 Å². The molecular formula is C13H16N2O2. The Bertz CT molecular complexity index is 417. The van der Waals surface area contributed by atoms with Crippen molar-refractivity contribution in [2.45, 2.75) is 32.6 Å². The molecule has 0 amide bonds. The summed E-state index contributed by atoms with van der Waals surface area (Å²) in [5, 5.41) is 0. The molecule has 4 nitrogen and oxygen atoms in total. The van der Waals surface area contributed by atoms with Crippen LogP contribution in [-0.4, -0.2) is 21.5 Å². The molecule has 1 aromatic rings. The number of Topliss-reactive ketones (excluding diaryl/α,β-unsaturated/α-hetero) is 2. The molecule has 2 unspecified atom stereocenters. The van der Waals surface area contributed by atoms with Crippen LogP contribution in [0.3, 0.4) is 0 Å². The van der Waals surface area contributed by atoms with Crippen molar-refractivity contribution in [2.75, 3.05) is 0 Å². The number of carbonyl (C=O) groups is 2. The summed E-state index contributed by atoms with van der Waals surface area (Å²) < 4.78 is 0. The van der Waals surface area contributed by atoms with E-state index in [0.717, 1.165) is 12.8 Å². The molecule has 1 aromatic heterocycles. The number of ketones is 2. The molecule has 0 aliphatic heterocycles. The van der Waals surface area contributed by atoms with Crippen LogP contribution in [0.2, 0.25) is 0 Å². The second-order valence-electron chi connectivity index (χ2n) is 4.50. The fourth-order valence-electron chi connectivity index (χ4n) is 2.31. The molecule has 1 aliphatic rings. The second-order valence-corrected chi connectivity index (χ2v) is 4.50. The molecule has 1 heterocycles. The van der Waals surface area contributed by atoms with E-state index < -0.39 is 5.92 Å². The predicted molar refractivity (Wildman–Crippen MR) is 62.5 cm³/mol. The Morgan fingerprint density at radius 1 is 1.41 bits per heavy atom. The van der Waals surface area contributed by atoms with Crippen LogP contribution in [0.15, 0.2) is 18.5 Å². The fourth-order valence-corrected chi connectivity index (χ4v) is 2.31. The standard InChI is InChI=1S/C13H16N2O2/c1-2-9-4-5-11(16)10(8-9)12(17)13-14-6-3-7-15-13/h3,6-7,9-10H,2,4-5,8H2,1H3. The van der Waals surface area contributed by atoms with Gasteiger partial charge in [0, 0.05) is 18.8 Å². The summed E-state index contributed by atoms with van der Waals surface area (Å²) >= 11 is 0. The molecule has 0 aromatic carbocycles. The molecule has 2 atom stereocenters. The highest BCUT2D eigenvalue weighted by molar-refractivity contribution is 6.09. The molecule has 90 valence electrons. The van der Waals surface area contributed by atoms with Gasteiger partial charge in [0.2, 0.25) is 5.78 Å². The van der Waals surface area contributed by atoms with Crippen LogP contribution in [0.4, 0.5) is 0 Å². The Morgan fingerprint density at radius 3 is 2.76 bits per heavy atom. The minimum absolute atomic E-state index is 0.0483. The summed E-state index contributed by atoms with van der Waals surface area (Å²) in [6.45, 7) is 2.10. The lowest BCUT2D eigenvalue weighted by atomic mass is 9.77. The Balaban J connectivity index is 2.15. The molecule has 1 fully saturated rings. The van der Waals surface area contributed by atoms with E-state index in [1.165, 1.54) is 12.4 Å². The van der Waals surface area contributed by atoms with Crippen LogP contribution in [0.25, 0.3) is 0 Å². The van der Waals surface area contributed by atoms with Crippen molar-refractivity contribution >= 4 is 11.6 Å².